The van der Waals surface area contributed by atoms with Crippen LogP contribution < -0.4 is 30.7 Å². The summed E-state index contributed by atoms with van der Waals surface area (Å²) in [5, 5.41) is 11.8. The monoisotopic (exact) mass is 808 g/mol. The summed E-state index contributed by atoms with van der Waals surface area (Å²) in [7, 11) is -3.72. The predicted octanol–water partition coefficient (Wildman–Crippen LogP) is 6.71. The summed E-state index contributed by atoms with van der Waals surface area (Å²) in [6.07, 6.45) is 5.42. The fourth-order valence-electron chi connectivity index (χ4n) is 6.60. The third-order valence-corrected chi connectivity index (χ3v) is 11.1. The number of carbonyl (C=O) groups is 4. The lowest BCUT2D eigenvalue weighted by Crippen LogP contribution is -2.48. The molecule has 3 aromatic carbocycles. The maximum Gasteiger partial charge on any atom is 0.264 e. The second-order valence-corrected chi connectivity index (χ2v) is 17.0. The Bertz CT molecular complexity index is 2340. The van der Waals surface area contributed by atoms with E-state index in [1.165, 1.54) is 12.1 Å². The normalized spacial score (nSPS) is 15.7. The maximum absolute atomic E-state index is 13.4. The van der Waals surface area contributed by atoms with Gasteiger partial charge in [0.1, 0.15) is 17.6 Å². The summed E-state index contributed by atoms with van der Waals surface area (Å²) >= 11 is 0. The minimum Gasteiger partial charge on any atom is -0.494 e. The number of unbranched alkanes of at least 4 members (excludes halogenated alkanes) is 2. The van der Waals surface area contributed by atoms with Crippen molar-refractivity contribution >= 4 is 62.5 Å². The SMILES string of the molecule is C=C1CCC[C@H](N2C(=O)c3cccc(NC(=O)CCCCCOc4ccc(Nc5ncc(C)c(Nc6cccc(S(=O)(=O)NC(C)(C)C)c6)n5)cc4)c3C2=O)C(=O)N1. The molecular weight excluding hydrogens is 761 g/mol. The van der Waals surface area contributed by atoms with Crippen LogP contribution in [0.15, 0.2) is 90.1 Å². The summed E-state index contributed by atoms with van der Waals surface area (Å²) in [5.41, 5.74) is 2.50. The van der Waals surface area contributed by atoms with Gasteiger partial charge in [0.15, 0.2) is 0 Å². The fourth-order valence-corrected chi connectivity index (χ4v) is 8.06. The number of nitrogens with zero attached hydrogens (tertiary/aromatic N) is 3. The summed E-state index contributed by atoms with van der Waals surface area (Å²) < 4.78 is 34.3. The molecule has 1 atom stereocenters. The van der Waals surface area contributed by atoms with Gasteiger partial charge in [0.25, 0.3) is 11.8 Å². The number of nitrogens with one attached hydrogen (secondary N) is 5. The number of aromatic nitrogens is 2. The van der Waals surface area contributed by atoms with Gasteiger partial charge in [-0.05, 0) is 121 Å². The second kappa shape index (κ2) is 17.6. The van der Waals surface area contributed by atoms with Gasteiger partial charge in [-0.2, -0.15) is 4.98 Å². The van der Waals surface area contributed by atoms with Crippen LogP contribution in [-0.2, 0) is 19.6 Å². The van der Waals surface area contributed by atoms with E-state index in [4.69, 9.17) is 4.74 Å². The lowest BCUT2D eigenvalue weighted by molar-refractivity contribution is -0.124. The largest absolute Gasteiger partial charge is 0.494 e. The Morgan fingerprint density at radius 2 is 1.72 bits per heavy atom. The van der Waals surface area contributed by atoms with Gasteiger partial charge in [0.05, 0.1) is 28.3 Å². The number of carbonyl (C=O) groups excluding carboxylic acids is 4. The molecule has 0 radical (unpaired) electrons. The molecule has 2 aliphatic heterocycles. The second-order valence-electron chi connectivity index (χ2n) is 15.3. The number of rotatable bonds is 15. The minimum atomic E-state index is -3.72. The summed E-state index contributed by atoms with van der Waals surface area (Å²) in [4.78, 5) is 62.4. The summed E-state index contributed by atoms with van der Waals surface area (Å²) in [6, 6.07) is 17.6. The van der Waals surface area contributed by atoms with E-state index in [-0.39, 0.29) is 34.0 Å². The average Bonchev–Trinajstić information content (AvgIpc) is 3.29. The van der Waals surface area contributed by atoms with Crippen LogP contribution in [0.4, 0.5) is 28.8 Å². The lowest BCUT2D eigenvalue weighted by atomic mass is 10.1. The molecular formula is C42H48N8O7S. The molecule has 16 heteroatoms. The van der Waals surface area contributed by atoms with E-state index in [2.05, 4.69) is 42.5 Å². The number of aryl methyl sites for hydroxylation is 1. The first-order chi connectivity index (χ1) is 27.6. The number of anilines is 5. The number of allylic oxidation sites excluding steroid dienone is 1. The van der Waals surface area contributed by atoms with Crippen LogP contribution in [0.5, 0.6) is 5.75 Å². The van der Waals surface area contributed by atoms with Crippen LogP contribution in [0.2, 0.25) is 0 Å². The van der Waals surface area contributed by atoms with E-state index >= 15 is 0 Å². The number of amides is 4. The highest BCUT2D eigenvalue weighted by molar-refractivity contribution is 7.89. The Hall–Kier alpha value is -6.13. The fraction of sp³-hybridized carbons (Fsp3) is 0.333. The van der Waals surface area contributed by atoms with Crippen LogP contribution in [0.3, 0.4) is 0 Å². The highest BCUT2D eigenvalue weighted by Gasteiger charge is 2.44. The molecule has 0 bridgehead atoms. The zero-order valence-corrected chi connectivity index (χ0v) is 33.8. The molecule has 0 spiro atoms. The molecule has 6 rings (SSSR count). The van der Waals surface area contributed by atoms with Gasteiger partial charge in [-0.1, -0.05) is 18.7 Å². The molecule has 0 aliphatic carbocycles. The Morgan fingerprint density at radius 3 is 2.48 bits per heavy atom. The minimum absolute atomic E-state index is 0.0994. The molecule has 0 saturated carbocycles. The molecule has 4 aromatic rings. The van der Waals surface area contributed by atoms with Crippen molar-refractivity contribution in [1.29, 1.82) is 0 Å². The van der Waals surface area contributed by atoms with Crippen molar-refractivity contribution in [2.24, 2.45) is 0 Å². The molecule has 5 N–H and O–H groups in total. The van der Waals surface area contributed by atoms with Gasteiger partial charge in [0, 0.05) is 40.8 Å². The standard InChI is InChI=1S/C42H48N8O7S/c1-26-25-43-41(48-37(26)45-29-13-10-14-31(24-29)58(55,56)49-42(3,4)5)46-28-19-21-30(22-20-28)57-23-8-6-7-18-35(51)47-33-16-11-15-32-36(33)40(54)50(39(32)53)34-17-9-12-27(2)44-38(34)52/h10-11,13-16,19-22,24-25,34,49H,2,6-9,12,17-18,23H2,1,3-5H3,(H,44,52)(H,47,51)(H2,43,45,46,48)/t34-/m0/s1. The number of ether oxygens (including phenoxy) is 1. The molecule has 15 nitrogen and oxygen atoms in total. The number of fused-ring (bicyclic) bond motifs is 1. The highest BCUT2D eigenvalue weighted by Crippen LogP contribution is 2.33. The van der Waals surface area contributed by atoms with E-state index in [1.54, 1.807) is 57.3 Å². The summed E-state index contributed by atoms with van der Waals surface area (Å²) in [5.74, 6) is -0.339. The van der Waals surface area contributed by atoms with Crippen LogP contribution >= 0.6 is 0 Å². The first-order valence-electron chi connectivity index (χ1n) is 19.1. The first-order valence-corrected chi connectivity index (χ1v) is 20.6. The number of benzene rings is 3. The zero-order valence-electron chi connectivity index (χ0n) is 33.0. The van der Waals surface area contributed by atoms with E-state index < -0.39 is 39.3 Å². The van der Waals surface area contributed by atoms with Gasteiger partial charge >= 0.3 is 0 Å². The Morgan fingerprint density at radius 1 is 0.966 bits per heavy atom. The quantitative estimate of drug-likeness (QED) is 0.0632. The first kappa shape index (κ1) is 41.5. The lowest BCUT2D eigenvalue weighted by Gasteiger charge is -2.23. The molecule has 304 valence electrons. The van der Waals surface area contributed by atoms with Gasteiger partial charge in [-0.25, -0.2) is 18.1 Å². The van der Waals surface area contributed by atoms with Crippen molar-refractivity contribution in [1.82, 2.24) is 24.9 Å². The number of sulfonamides is 1. The van der Waals surface area contributed by atoms with Crippen LogP contribution in [0.25, 0.3) is 0 Å². The van der Waals surface area contributed by atoms with Gasteiger partial charge in [-0.3, -0.25) is 24.1 Å². The van der Waals surface area contributed by atoms with Crippen molar-refractivity contribution in [3.8, 4) is 5.75 Å². The molecule has 58 heavy (non-hydrogen) atoms. The molecule has 3 heterocycles. The average molecular weight is 809 g/mol. The third-order valence-electron chi connectivity index (χ3n) is 9.34. The van der Waals surface area contributed by atoms with Crippen molar-refractivity contribution < 1.29 is 32.3 Å². The molecule has 0 unspecified atom stereocenters. The zero-order chi connectivity index (χ0) is 41.6. The number of imide groups is 1. The van der Waals surface area contributed by atoms with E-state index in [0.717, 1.165) is 22.6 Å². The predicted molar refractivity (Wildman–Crippen MR) is 221 cm³/mol. The van der Waals surface area contributed by atoms with E-state index in [0.29, 0.717) is 67.6 Å². The Balaban J connectivity index is 0.942. The number of hydrogen-bond donors (Lipinski definition) is 5. The van der Waals surface area contributed by atoms with Crippen molar-refractivity contribution in [2.75, 3.05) is 22.6 Å². The molecule has 1 aromatic heterocycles. The van der Waals surface area contributed by atoms with Gasteiger partial charge < -0.3 is 26.0 Å². The molecule has 4 amide bonds. The smallest absolute Gasteiger partial charge is 0.264 e. The van der Waals surface area contributed by atoms with Gasteiger partial charge in [-0.15, -0.1) is 0 Å². The maximum atomic E-state index is 13.4. The van der Waals surface area contributed by atoms with Crippen LogP contribution in [0, 0.1) is 6.92 Å². The number of hydrogen-bond acceptors (Lipinski definition) is 11. The summed E-state index contributed by atoms with van der Waals surface area (Å²) in [6.45, 7) is 11.5. The highest BCUT2D eigenvalue weighted by atomic mass is 32.2. The van der Waals surface area contributed by atoms with E-state index in [1.807, 2.05) is 31.2 Å². The van der Waals surface area contributed by atoms with Crippen molar-refractivity contribution in [2.45, 2.75) is 89.1 Å². The topological polar surface area (TPSA) is 201 Å². The Kier molecular flexibility index (Phi) is 12.6. The third kappa shape index (κ3) is 10.2. The Labute approximate surface area is 338 Å². The van der Waals surface area contributed by atoms with Crippen molar-refractivity contribution in [3.63, 3.8) is 0 Å². The molecule has 2 aliphatic rings. The van der Waals surface area contributed by atoms with Gasteiger partial charge in [0.2, 0.25) is 27.8 Å². The van der Waals surface area contributed by atoms with E-state index in [9.17, 15) is 27.6 Å². The van der Waals surface area contributed by atoms with Crippen molar-refractivity contribution in [3.05, 3.63) is 102 Å². The molecule has 1 saturated heterocycles. The van der Waals surface area contributed by atoms with Crippen LogP contribution in [-0.4, -0.2) is 65.1 Å². The van der Waals surface area contributed by atoms with Crippen LogP contribution in [0.1, 0.15) is 92.0 Å². The molecule has 1 fully saturated rings.